The third-order valence-corrected chi connectivity index (χ3v) is 7.09. The SMILES string of the molecule is Cc1cc(Nc2cc(C(F)(F)F)ncn2)nc(-c2cnc([C@@]3(O)CC[C@H](C(=O)O)[C@H](C)C3)s2)c1. The monoisotopic (exact) mass is 493 g/mol. The zero-order valence-electron chi connectivity index (χ0n) is 18.3. The molecule has 1 fully saturated rings. The van der Waals surface area contributed by atoms with Gasteiger partial charge in [-0.1, -0.05) is 6.92 Å². The summed E-state index contributed by atoms with van der Waals surface area (Å²) >= 11 is 1.26. The molecule has 12 heteroatoms. The topological polar surface area (TPSA) is 121 Å². The van der Waals surface area contributed by atoms with Gasteiger partial charge in [-0.25, -0.2) is 19.9 Å². The molecule has 3 heterocycles. The van der Waals surface area contributed by atoms with Crippen LogP contribution >= 0.6 is 11.3 Å². The third kappa shape index (κ3) is 5.02. The van der Waals surface area contributed by atoms with Gasteiger partial charge in [-0.05, 0) is 49.8 Å². The molecule has 180 valence electrons. The van der Waals surface area contributed by atoms with Crippen LogP contribution in [0.25, 0.3) is 10.6 Å². The molecular formula is C22H22F3N5O3S. The van der Waals surface area contributed by atoms with Crippen LogP contribution in [0.3, 0.4) is 0 Å². The van der Waals surface area contributed by atoms with E-state index in [1.165, 1.54) is 11.3 Å². The standard InChI is InChI=1S/C22H22F3N5O3S/c1-11-5-14(29-18(6-11)30-17-7-16(22(23,24)25)27-10-28-17)15-9-26-20(34-15)21(33)4-3-13(19(31)32)12(2)8-21/h5-7,9-10,12-13,33H,3-4,8H2,1-2H3,(H,31,32)(H,27,28,29,30)/t12-,13+,21-/m1/s1. The lowest BCUT2D eigenvalue weighted by Crippen LogP contribution is -2.38. The van der Waals surface area contributed by atoms with E-state index in [0.717, 1.165) is 18.0 Å². The van der Waals surface area contributed by atoms with Gasteiger partial charge in [-0.15, -0.1) is 11.3 Å². The zero-order chi connectivity index (χ0) is 24.7. The first kappa shape index (κ1) is 24.0. The van der Waals surface area contributed by atoms with Crippen molar-refractivity contribution in [3.05, 3.63) is 47.0 Å². The molecule has 0 unspecified atom stereocenters. The van der Waals surface area contributed by atoms with Crippen molar-refractivity contribution in [3.8, 4) is 10.6 Å². The van der Waals surface area contributed by atoms with Crippen LogP contribution in [0, 0.1) is 18.8 Å². The maximum Gasteiger partial charge on any atom is 0.433 e. The van der Waals surface area contributed by atoms with Gasteiger partial charge in [-0.2, -0.15) is 13.2 Å². The van der Waals surface area contributed by atoms with Crippen LogP contribution in [0.1, 0.15) is 42.5 Å². The molecule has 3 aromatic rings. The molecule has 1 saturated carbocycles. The minimum absolute atomic E-state index is 0.0464. The summed E-state index contributed by atoms with van der Waals surface area (Å²) in [5.74, 6) is -1.30. The van der Waals surface area contributed by atoms with Gasteiger partial charge in [0, 0.05) is 12.3 Å². The molecule has 4 rings (SSSR count). The van der Waals surface area contributed by atoms with E-state index in [4.69, 9.17) is 0 Å². The Morgan fingerprint density at radius 1 is 1.21 bits per heavy atom. The Hall–Kier alpha value is -3.12. The largest absolute Gasteiger partial charge is 0.481 e. The van der Waals surface area contributed by atoms with Gasteiger partial charge in [0.15, 0.2) is 0 Å². The number of carboxylic acids is 1. The molecule has 1 aliphatic carbocycles. The average molecular weight is 494 g/mol. The minimum Gasteiger partial charge on any atom is -0.481 e. The lowest BCUT2D eigenvalue weighted by Gasteiger charge is -2.37. The number of alkyl halides is 3. The van der Waals surface area contributed by atoms with E-state index >= 15 is 0 Å². The number of anilines is 2. The number of aliphatic hydroxyl groups is 1. The van der Waals surface area contributed by atoms with Gasteiger partial charge < -0.3 is 15.5 Å². The highest BCUT2D eigenvalue weighted by Gasteiger charge is 2.43. The van der Waals surface area contributed by atoms with Gasteiger partial charge >= 0.3 is 12.1 Å². The van der Waals surface area contributed by atoms with E-state index in [0.29, 0.717) is 40.7 Å². The number of nitrogens with zero attached hydrogens (tertiary/aromatic N) is 4. The Morgan fingerprint density at radius 3 is 2.65 bits per heavy atom. The predicted octanol–water partition coefficient (Wildman–Crippen LogP) is 4.77. The number of hydrogen-bond acceptors (Lipinski definition) is 8. The van der Waals surface area contributed by atoms with E-state index in [1.54, 1.807) is 18.3 Å². The maximum absolute atomic E-state index is 12.9. The van der Waals surface area contributed by atoms with E-state index in [1.807, 2.05) is 13.8 Å². The molecule has 0 amide bonds. The summed E-state index contributed by atoms with van der Waals surface area (Å²) in [6.45, 7) is 3.64. The molecule has 0 bridgehead atoms. The molecule has 3 atom stereocenters. The number of pyridine rings is 1. The van der Waals surface area contributed by atoms with Crippen molar-refractivity contribution >= 4 is 28.9 Å². The number of thiazole rings is 1. The second kappa shape index (κ2) is 8.91. The first-order chi connectivity index (χ1) is 15.9. The fourth-order valence-corrected chi connectivity index (χ4v) is 5.20. The van der Waals surface area contributed by atoms with Gasteiger partial charge in [0.1, 0.15) is 34.3 Å². The Kier molecular flexibility index (Phi) is 6.30. The Balaban J connectivity index is 1.57. The zero-order valence-corrected chi connectivity index (χ0v) is 19.1. The molecule has 0 spiro atoms. The van der Waals surface area contributed by atoms with Crippen LogP contribution in [-0.4, -0.2) is 36.1 Å². The molecular weight excluding hydrogens is 471 g/mol. The summed E-state index contributed by atoms with van der Waals surface area (Å²) in [6.07, 6.45) is -1.23. The van der Waals surface area contributed by atoms with E-state index in [2.05, 4.69) is 25.3 Å². The Labute approximate surface area is 197 Å². The van der Waals surface area contributed by atoms with Crippen LogP contribution in [0.5, 0.6) is 0 Å². The van der Waals surface area contributed by atoms with Crippen LogP contribution in [0.2, 0.25) is 0 Å². The first-order valence-electron chi connectivity index (χ1n) is 10.5. The van der Waals surface area contributed by atoms with Crippen molar-refractivity contribution in [2.24, 2.45) is 11.8 Å². The van der Waals surface area contributed by atoms with E-state index in [9.17, 15) is 28.2 Å². The number of rotatable bonds is 5. The fraction of sp³-hybridized carbons (Fsp3) is 0.409. The number of aliphatic carboxylic acids is 1. The molecule has 0 aromatic carbocycles. The minimum atomic E-state index is -4.59. The van der Waals surface area contributed by atoms with Crippen LogP contribution in [0.4, 0.5) is 24.8 Å². The summed E-state index contributed by atoms with van der Waals surface area (Å²) in [4.78, 5) is 28.0. The number of aromatic nitrogens is 4. The van der Waals surface area contributed by atoms with Crippen LogP contribution in [0.15, 0.2) is 30.7 Å². The number of halogens is 3. The molecule has 1 aliphatic rings. The number of nitrogens with one attached hydrogen (secondary N) is 1. The highest BCUT2D eigenvalue weighted by molar-refractivity contribution is 7.15. The summed E-state index contributed by atoms with van der Waals surface area (Å²) in [5.41, 5.74) is -0.937. The van der Waals surface area contributed by atoms with E-state index < -0.39 is 29.4 Å². The molecule has 0 radical (unpaired) electrons. The van der Waals surface area contributed by atoms with Crippen molar-refractivity contribution in [1.82, 2.24) is 19.9 Å². The third-order valence-electron chi connectivity index (χ3n) is 5.87. The first-order valence-corrected chi connectivity index (χ1v) is 11.3. The normalized spacial score (nSPS) is 23.0. The average Bonchev–Trinajstić information content (AvgIpc) is 3.24. The molecule has 0 aliphatic heterocycles. The van der Waals surface area contributed by atoms with Crippen molar-refractivity contribution in [2.75, 3.05) is 5.32 Å². The molecule has 8 nitrogen and oxygen atoms in total. The van der Waals surface area contributed by atoms with Gasteiger partial charge in [0.2, 0.25) is 0 Å². The second-order valence-corrected chi connectivity index (χ2v) is 9.58. The number of hydrogen-bond donors (Lipinski definition) is 3. The van der Waals surface area contributed by atoms with Gasteiger partial charge in [0.05, 0.1) is 16.5 Å². The lowest BCUT2D eigenvalue weighted by molar-refractivity contribution is -0.148. The number of carboxylic acid groups (broad SMARTS) is 1. The van der Waals surface area contributed by atoms with Crippen molar-refractivity contribution in [3.63, 3.8) is 0 Å². The van der Waals surface area contributed by atoms with Crippen molar-refractivity contribution < 1.29 is 28.2 Å². The Morgan fingerprint density at radius 2 is 1.97 bits per heavy atom. The quantitative estimate of drug-likeness (QED) is 0.465. The van der Waals surface area contributed by atoms with Crippen molar-refractivity contribution in [1.29, 1.82) is 0 Å². The molecule has 3 N–H and O–H groups in total. The van der Waals surface area contributed by atoms with Gasteiger partial charge in [0.25, 0.3) is 0 Å². The highest BCUT2D eigenvalue weighted by Crippen LogP contribution is 2.45. The summed E-state index contributed by atoms with van der Waals surface area (Å²) in [7, 11) is 0. The smallest absolute Gasteiger partial charge is 0.433 e. The number of aryl methyl sites for hydroxylation is 1. The Bertz CT molecular complexity index is 1220. The van der Waals surface area contributed by atoms with Gasteiger partial charge in [-0.3, -0.25) is 4.79 Å². The molecule has 3 aromatic heterocycles. The van der Waals surface area contributed by atoms with Crippen LogP contribution < -0.4 is 5.32 Å². The maximum atomic E-state index is 12.9. The second-order valence-electron chi connectivity index (χ2n) is 8.55. The molecule has 0 saturated heterocycles. The molecule has 34 heavy (non-hydrogen) atoms. The highest BCUT2D eigenvalue weighted by atomic mass is 32.1. The number of carbonyl (C=O) groups is 1. The lowest BCUT2D eigenvalue weighted by atomic mass is 9.72. The predicted molar refractivity (Wildman–Crippen MR) is 118 cm³/mol. The van der Waals surface area contributed by atoms with Crippen molar-refractivity contribution in [2.45, 2.75) is 44.9 Å². The summed E-state index contributed by atoms with van der Waals surface area (Å²) in [6, 6.07) is 4.28. The fourth-order valence-electron chi connectivity index (χ4n) is 4.19. The van der Waals surface area contributed by atoms with Crippen LogP contribution in [-0.2, 0) is 16.6 Å². The summed E-state index contributed by atoms with van der Waals surface area (Å²) in [5, 5.41) is 23.8. The summed E-state index contributed by atoms with van der Waals surface area (Å²) < 4.78 is 38.8. The van der Waals surface area contributed by atoms with E-state index in [-0.39, 0.29) is 11.7 Å².